The summed E-state index contributed by atoms with van der Waals surface area (Å²) in [5, 5.41) is 1.34. The molecule has 8 heavy (non-hydrogen) atoms. The summed E-state index contributed by atoms with van der Waals surface area (Å²) in [5.74, 6) is 3.11. The number of hydrogen-bond acceptors (Lipinski definition) is 1. The lowest BCUT2D eigenvalue weighted by molar-refractivity contribution is 0.602. The molecule has 0 saturated heterocycles. The van der Waals surface area contributed by atoms with E-state index < -0.39 is 14.5 Å². The van der Waals surface area contributed by atoms with Gasteiger partial charge in [-0.15, -0.1) is 0 Å². The first-order chi connectivity index (χ1) is 3.66. The van der Waals surface area contributed by atoms with Gasteiger partial charge in [0.25, 0.3) is 0 Å². The minimum Gasteiger partial charge on any atom is -0.642 e. The Kier molecular flexibility index (Phi) is 5.49. The summed E-state index contributed by atoms with van der Waals surface area (Å²) in [5.41, 5.74) is 0. The molecular weight excluding hydrogens is 130 g/mol. The summed E-state index contributed by atoms with van der Waals surface area (Å²) in [6, 6.07) is 0. The van der Waals surface area contributed by atoms with Gasteiger partial charge in [-0.1, -0.05) is 30.8 Å². The van der Waals surface area contributed by atoms with Crippen molar-refractivity contribution in [1.29, 1.82) is 0 Å². The normalized spacial score (nSPS) is 10.0. The van der Waals surface area contributed by atoms with Crippen LogP contribution in [0.25, 0.3) is 0 Å². The fraction of sp³-hybridized carbons (Fsp3) is 1.00. The van der Waals surface area contributed by atoms with Crippen molar-refractivity contribution in [2.75, 3.05) is 0 Å². The van der Waals surface area contributed by atoms with E-state index in [4.69, 9.17) is 2.84 Å². The molecule has 0 heterocycles. The maximum absolute atomic E-state index is 5.34. The Balaban J connectivity index is 3.10. The molecule has 0 unspecified atom stereocenters. The van der Waals surface area contributed by atoms with Gasteiger partial charge < -0.3 is 2.84 Å². The van der Waals surface area contributed by atoms with E-state index in [0.717, 1.165) is 22.5 Å². The minimum absolute atomic E-state index is 0.677. The Morgan fingerprint density at radius 2 is 2.12 bits per heavy atom. The third-order valence-corrected chi connectivity index (χ3v) is 6.03. The Morgan fingerprint density at radius 3 is 2.25 bits per heavy atom. The van der Waals surface area contributed by atoms with E-state index in [1.54, 1.807) is 0 Å². The smallest absolute Gasteiger partial charge is 0.426 e. The molecule has 0 aliphatic heterocycles. The summed E-state index contributed by atoms with van der Waals surface area (Å²) in [7, 11) is 0. The standard InChI is InChI=1S/C4H9.CH3.2Al.O.2H/c1-4(2)3;;;;;;/h4H,1H2,2-3H3;1H3;;;;;. The molecule has 0 saturated carbocycles. The van der Waals surface area contributed by atoms with Gasteiger partial charge in [0.15, 0.2) is 0 Å². The molecule has 3 heteroatoms. The fourth-order valence-electron chi connectivity index (χ4n) is 0.760. The van der Waals surface area contributed by atoms with Gasteiger partial charge >= 0.3 is 31.1 Å². The van der Waals surface area contributed by atoms with Crippen LogP contribution in [0.5, 0.6) is 0 Å². The van der Waals surface area contributed by atoms with Gasteiger partial charge in [0, 0.05) is 0 Å². The van der Waals surface area contributed by atoms with Crippen molar-refractivity contribution in [3.8, 4) is 0 Å². The molecule has 0 radical (unpaired) electrons. The highest BCUT2D eigenvalue weighted by Gasteiger charge is 2.10. The molecule has 0 atom stereocenters. The summed E-state index contributed by atoms with van der Waals surface area (Å²) in [6.45, 7) is 4.51. The van der Waals surface area contributed by atoms with Crippen LogP contribution in [0.1, 0.15) is 13.8 Å². The van der Waals surface area contributed by atoms with Crippen LogP contribution in [-0.4, -0.2) is 31.1 Å². The van der Waals surface area contributed by atoms with E-state index in [0.29, 0.717) is 0 Å². The first-order valence-corrected chi connectivity index (χ1v) is 6.45. The van der Waals surface area contributed by atoms with Crippen molar-refractivity contribution in [3.05, 3.63) is 0 Å². The van der Waals surface area contributed by atoms with E-state index in [9.17, 15) is 0 Å². The van der Waals surface area contributed by atoms with Crippen molar-refractivity contribution in [3.63, 3.8) is 0 Å². The zero-order valence-corrected chi connectivity index (χ0v) is 9.42. The Hall–Kier alpha value is 1.02. The second kappa shape index (κ2) is 4.86. The van der Waals surface area contributed by atoms with Gasteiger partial charge in [-0.05, 0) is 0 Å². The number of rotatable bonds is 3. The zero-order chi connectivity index (χ0) is 6.57. The fourth-order valence-corrected chi connectivity index (χ4v) is 2.86. The molecule has 0 bridgehead atoms. The van der Waals surface area contributed by atoms with Crippen LogP contribution in [-0.2, 0) is 2.84 Å². The van der Waals surface area contributed by atoms with Crippen molar-refractivity contribution in [1.82, 2.24) is 0 Å². The summed E-state index contributed by atoms with van der Waals surface area (Å²) < 4.78 is 5.34. The maximum atomic E-state index is 5.34. The first-order valence-electron chi connectivity index (χ1n) is 3.19. The molecule has 0 rings (SSSR count). The molecular formula is C5H14Al2O. The minimum atomic E-state index is -0.677. The van der Waals surface area contributed by atoms with Crippen molar-refractivity contribution >= 4 is 31.1 Å². The molecule has 0 amide bonds. The zero-order valence-electron chi connectivity index (χ0n) is 6.27. The summed E-state index contributed by atoms with van der Waals surface area (Å²) >= 11 is 0.263. The van der Waals surface area contributed by atoms with Gasteiger partial charge in [-0.2, -0.15) is 0 Å². The molecule has 1 nitrogen and oxygen atoms in total. The van der Waals surface area contributed by atoms with Gasteiger partial charge in [0.05, 0.1) is 0 Å². The van der Waals surface area contributed by atoms with Crippen LogP contribution < -0.4 is 0 Å². The Labute approximate surface area is 64.9 Å². The highest BCUT2D eigenvalue weighted by Crippen LogP contribution is 2.04. The third-order valence-electron chi connectivity index (χ3n) is 1.21. The van der Waals surface area contributed by atoms with E-state index in [1.165, 1.54) is 5.28 Å². The predicted octanol–water partition coefficient (Wildman–Crippen LogP) is 0.828. The van der Waals surface area contributed by atoms with Gasteiger partial charge in [-0.3, -0.25) is 0 Å². The third kappa shape index (κ3) is 5.17. The van der Waals surface area contributed by atoms with Crippen LogP contribution in [0.3, 0.4) is 0 Å². The van der Waals surface area contributed by atoms with E-state index >= 15 is 0 Å². The van der Waals surface area contributed by atoms with Gasteiger partial charge in [0.2, 0.25) is 0 Å². The van der Waals surface area contributed by atoms with E-state index in [2.05, 4.69) is 19.6 Å². The predicted molar refractivity (Wildman–Crippen MR) is 40.9 cm³/mol. The van der Waals surface area contributed by atoms with Crippen LogP contribution in [0, 0.1) is 5.92 Å². The van der Waals surface area contributed by atoms with E-state index in [-0.39, 0.29) is 0 Å². The molecule has 0 aliphatic carbocycles. The molecule has 0 aromatic rings. The first kappa shape index (κ1) is 9.02. The lowest BCUT2D eigenvalue weighted by atomic mass is 10.3. The molecule has 0 fully saturated rings. The summed E-state index contributed by atoms with van der Waals surface area (Å²) in [6.07, 6.45) is 0. The van der Waals surface area contributed by atoms with Crippen molar-refractivity contribution in [2.24, 2.45) is 5.92 Å². The lowest BCUT2D eigenvalue weighted by Gasteiger charge is -2.06. The Bertz CT molecular complexity index is 56.4. The maximum Gasteiger partial charge on any atom is 0.426 e. The van der Waals surface area contributed by atoms with E-state index in [1.807, 2.05) is 0 Å². The SMILES string of the molecule is CC(C)[CH2][Al]([CH3])[O][AlH2]. The molecule has 0 N–H and O–H groups in total. The molecule has 46 valence electrons. The van der Waals surface area contributed by atoms with Crippen LogP contribution in [0.2, 0.25) is 11.1 Å². The molecule has 0 aliphatic rings. The quantitative estimate of drug-likeness (QED) is 0.533. The van der Waals surface area contributed by atoms with Crippen molar-refractivity contribution < 1.29 is 2.84 Å². The van der Waals surface area contributed by atoms with Crippen LogP contribution in [0.15, 0.2) is 0 Å². The molecule has 0 aromatic carbocycles. The van der Waals surface area contributed by atoms with Crippen LogP contribution >= 0.6 is 0 Å². The molecule has 0 spiro atoms. The number of hydrogen-bond donors (Lipinski definition) is 0. The van der Waals surface area contributed by atoms with Gasteiger partial charge in [-0.25, -0.2) is 0 Å². The monoisotopic (exact) mass is 144 g/mol. The summed E-state index contributed by atoms with van der Waals surface area (Å²) in [4.78, 5) is 0. The highest BCUT2D eigenvalue weighted by molar-refractivity contribution is 6.54. The van der Waals surface area contributed by atoms with Crippen molar-refractivity contribution in [2.45, 2.75) is 24.9 Å². The average Bonchev–Trinajstić information content (AvgIpc) is 1.65. The Morgan fingerprint density at radius 1 is 1.62 bits per heavy atom. The lowest BCUT2D eigenvalue weighted by Crippen LogP contribution is -2.13. The molecule has 0 aromatic heterocycles. The second-order valence-electron chi connectivity index (χ2n) is 2.68. The van der Waals surface area contributed by atoms with Crippen LogP contribution in [0.4, 0.5) is 0 Å². The topological polar surface area (TPSA) is 9.23 Å². The van der Waals surface area contributed by atoms with Gasteiger partial charge in [0.1, 0.15) is 0 Å². The second-order valence-corrected chi connectivity index (χ2v) is 6.65. The largest absolute Gasteiger partial charge is 0.642 e. The average molecular weight is 144 g/mol. The highest BCUT2D eigenvalue weighted by atomic mass is 27.2.